The van der Waals surface area contributed by atoms with Crippen molar-refractivity contribution in [3.8, 4) is 0 Å². The number of carbonyl (C=O) groups is 2. The van der Waals surface area contributed by atoms with Crippen molar-refractivity contribution in [3.05, 3.63) is 11.4 Å². The van der Waals surface area contributed by atoms with Crippen LogP contribution in [0.3, 0.4) is 0 Å². The van der Waals surface area contributed by atoms with E-state index in [0.717, 1.165) is 42.9 Å². The van der Waals surface area contributed by atoms with Crippen molar-refractivity contribution < 1.29 is 9.59 Å². The van der Waals surface area contributed by atoms with Crippen molar-refractivity contribution in [2.24, 2.45) is 12.5 Å². The monoisotopic (exact) mass is 319 g/mol. The van der Waals surface area contributed by atoms with E-state index in [1.807, 2.05) is 27.9 Å². The molecule has 0 aliphatic carbocycles. The van der Waals surface area contributed by atoms with Gasteiger partial charge in [0.05, 0.1) is 22.5 Å². The van der Waals surface area contributed by atoms with Crippen LogP contribution in [0.4, 0.5) is 10.5 Å². The number of urea groups is 1. The molecule has 2 aliphatic rings. The molecule has 0 bridgehead atoms. The Balaban J connectivity index is 1.71. The Morgan fingerprint density at radius 3 is 2.61 bits per heavy atom. The molecular formula is C16H25N5O2. The van der Waals surface area contributed by atoms with E-state index in [9.17, 15) is 9.59 Å². The van der Waals surface area contributed by atoms with Crippen LogP contribution in [0.1, 0.15) is 30.7 Å². The van der Waals surface area contributed by atoms with Crippen LogP contribution >= 0.6 is 0 Å². The molecule has 0 saturated carbocycles. The molecule has 1 aromatic heterocycles. The lowest BCUT2D eigenvalue weighted by Gasteiger charge is -2.37. The fraction of sp³-hybridized carbons (Fsp3) is 0.688. The lowest BCUT2D eigenvalue weighted by atomic mass is 9.78. The van der Waals surface area contributed by atoms with Crippen molar-refractivity contribution in [1.82, 2.24) is 19.6 Å². The standard InChI is InChI=1S/C16H25N5O2/c1-11-13(12(2)20(4)18-11)17-15(23)21-9-7-16(10-21)6-5-8-19(3)14(16)22/h5-10H2,1-4H3,(H,17,23). The number of hydrogen-bond acceptors (Lipinski definition) is 3. The molecule has 1 spiro atoms. The first-order valence-electron chi connectivity index (χ1n) is 8.16. The normalized spacial score (nSPS) is 24.6. The molecule has 7 nitrogen and oxygen atoms in total. The van der Waals surface area contributed by atoms with Crippen LogP contribution in [0.15, 0.2) is 0 Å². The second kappa shape index (κ2) is 5.54. The van der Waals surface area contributed by atoms with Gasteiger partial charge in [-0.1, -0.05) is 0 Å². The van der Waals surface area contributed by atoms with Gasteiger partial charge in [0.25, 0.3) is 0 Å². The summed E-state index contributed by atoms with van der Waals surface area (Å²) >= 11 is 0. The summed E-state index contributed by atoms with van der Waals surface area (Å²) in [4.78, 5) is 28.7. The van der Waals surface area contributed by atoms with Crippen LogP contribution in [0.25, 0.3) is 0 Å². The highest BCUT2D eigenvalue weighted by atomic mass is 16.2. The summed E-state index contributed by atoms with van der Waals surface area (Å²) in [5.41, 5.74) is 2.13. The molecule has 1 N–H and O–H groups in total. The molecule has 1 atom stereocenters. The van der Waals surface area contributed by atoms with Gasteiger partial charge in [0.1, 0.15) is 0 Å². The molecule has 1 aromatic rings. The van der Waals surface area contributed by atoms with E-state index < -0.39 is 0 Å². The molecule has 23 heavy (non-hydrogen) atoms. The Morgan fingerprint density at radius 1 is 1.22 bits per heavy atom. The highest BCUT2D eigenvalue weighted by Gasteiger charge is 2.48. The first-order valence-corrected chi connectivity index (χ1v) is 8.16. The molecular weight excluding hydrogens is 294 g/mol. The average Bonchev–Trinajstić information content (AvgIpc) is 3.03. The largest absolute Gasteiger partial charge is 0.345 e. The van der Waals surface area contributed by atoms with Gasteiger partial charge < -0.3 is 15.1 Å². The van der Waals surface area contributed by atoms with Crippen molar-refractivity contribution in [3.63, 3.8) is 0 Å². The zero-order chi connectivity index (χ0) is 16.8. The van der Waals surface area contributed by atoms with Gasteiger partial charge in [0.15, 0.2) is 0 Å². The van der Waals surface area contributed by atoms with Crippen molar-refractivity contribution >= 4 is 17.6 Å². The lowest BCUT2D eigenvalue weighted by molar-refractivity contribution is -0.143. The van der Waals surface area contributed by atoms with E-state index >= 15 is 0 Å². The molecule has 2 saturated heterocycles. The van der Waals surface area contributed by atoms with E-state index in [1.165, 1.54) is 0 Å². The van der Waals surface area contributed by atoms with Crippen molar-refractivity contribution in [1.29, 1.82) is 0 Å². The number of nitrogens with one attached hydrogen (secondary N) is 1. The second-order valence-electron chi connectivity index (χ2n) is 6.88. The molecule has 2 fully saturated rings. The van der Waals surface area contributed by atoms with Gasteiger partial charge in [0.2, 0.25) is 5.91 Å². The number of carbonyl (C=O) groups excluding carboxylic acids is 2. The SMILES string of the molecule is Cc1nn(C)c(C)c1NC(=O)N1CCC2(CCCN(C)C2=O)C1. The maximum Gasteiger partial charge on any atom is 0.321 e. The summed E-state index contributed by atoms with van der Waals surface area (Å²) < 4.78 is 1.76. The van der Waals surface area contributed by atoms with Gasteiger partial charge in [-0.15, -0.1) is 0 Å². The zero-order valence-corrected chi connectivity index (χ0v) is 14.3. The Kier molecular flexibility index (Phi) is 3.82. The molecule has 126 valence electrons. The first kappa shape index (κ1) is 15.8. The smallest absolute Gasteiger partial charge is 0.321 e. The molecule has 3 heterocycles. The molecule has 0 radical (unpaired) electrons. The minimum atomic E-state index is -0.372. The number of likely N-dealkylation sites (tertiary alicyclic amines) is 2. The molecule has 3 rings (SSSR count). The molecule has 1 unspecified atom stereocenters. The lowest BCUT2D eigenvalue weighted by Crippen LogP contribution is -2.49. The van der Waals surface area contributed by atoms with Gasteiger partial charge in [0, 0.05) is 33.7 Å². The minimum absolute atomic E-state index is 0.137. The molecule has 0 aromatic carbocycles. The highest BCUT2D eigenvalue weighted by molar-refractivity contribution is 5.92. The van der Waals surface area contributed by atoms with Crippen LogP contribution in [0.5, 0.6) is 0 Å². The number of amides is 3. The molecule has 2 aliphatic heterocycles. The minimum Gasteiger partial charge on any atom is -0.345 e. The average molecular weight is 319 g/mol. The fourth-order valence-electron chi connectivity index (χ4n) is 3.83. The summed E-state index contributed by atoms with van der Waals surface area (Å²) in [6.07, 6.45) is 2.65. The number of piperidine rings is 1. The van der Waals surface area contributed by atoms with E-state index in [0.29, 0.717) is 13.1 Å². The fourth-order valence-corrected chi connectivity index (χ4v) is 3.83. The summed E-state index contributed by atoms with van der Waals surface area (Å²) in [5.74, 6) is 0.188. The van der Waals surface area contributed by atoms with Gasteiger partial charge in [-0.25, -0.2) is 4.79 Å². The topological polar surface area (TPSA) is 70.5 Å². The van der Waals surface area contributed by atoms with Crippen LogP contribution < -0.4 is 5.32 Å². The van der Waals surface area contributed by atoms with Crippen molar-refractivity contribution in [2.75, 3.05) is 32.0 Å². The number of nitrogens with zero attached hydrogens (tertiary/aromatic N) is 4. The maximum atomic E-state index is 12.6. The zero-order valence-electron chi connectivity index (χ0n) is 14.3. The molecule has 3 amide bonds. The third kappa shape index (κ3) is 2.58. The second-order valence-corrected chi connectivity index (χ2v) is 6.88. The summed E-state index contributed by atoms with van der Waals surface area (Å²) in [6, 6.07) is -0.137. The van der Waals surface area contributed by atoms with Gasteiger partial charge >= 0.3 is 6.03 Å². The Hall–Kier alpha value is -2.05. The van der Waals surface area contributed by atoms with Gasteiger partial charge in [-0.05, 0) is 33.1 Å². The van der Waals surface area contributed by atoms with Gasteiger partial charge in [-0.3, -0.25) is 9.48 Å². The molecule has 7 heteroatoms. The summed E-state index contributed by atoms with van der Waals surface area (Å²) in [5, 5.41) is 7.29. The Labute approximate surface area is 136 Å². The summed E-state index contributed by atoms with van der Waals surface area (Å²) in [7, 11) is 3.72. The maximum absolute atomic E-state index is 12.6. The van der Waals surface area contributed by atoms with Crippen LogP contribution in [0, 0.1) is 19.3 Å². The predicted octanol–water partition coefficient (Wildman–Crippen LogP) is 1.51. The number of anilines is 1. The Bertz CT molecular complexity index is 653. The summed E-state index contributed by atoms with van der Waals surface area (Å²) in [6.45, 7) is 5.78. The van der Waals surface area contributed by atoms with E-state index in [4.69, 9.17) is 0 Å². The van der Waals surface area contributed by atoms with Crippen LogP contribution in [-0.2, 0) is 11.8 Å². The Morgan fingerprint density at radius 2 is 1.96 bits per heavy atom. The van der Waals surface area contributed by atoms with Crippen molar-refractivity contribution in [2.45, 2.75) is 33.1 Å². The third-order valence-electron chi connectivity index (χ3n) is 5.33. The predicted molar refractivity (Wildman–Crippen MR) is 87.2 cm³/mol. The quantitative estimate of drug-likeness (QED) is 0.853. The number of aromatic nitrogens is 2. The van der Waals surface area contributed by atoms with Gasteiger partial charge in [-0.2, -0.15) is 5.10 Å². The van der Waals surface area contributed by atoms with Crippen LogP contribution in [-0.4, -0.2) is 58.2 Å². The third-order valence-corrected chi connectivity index (χ3v) is 5.33. The number of rotatable bonds is 1. The van der Waals surface area contributed by atoms with E-state index in [2.05, 4.69) is 10.4 Å². The number of hydrogen-bond donors (Lipinski definition) is 1. The highest BCUT2D eigenvalue weighted by Crippen LogP contribution is 2.39. The van der Waals surface area contributed by atoms with E-state index in [-0.39, 0.29) is 17.4 Å². The first-order chi connectivity index (χ1) is 10.8. The number of aryl methyl sites for hydroxylation is 2. The van der Waals surface area contributed by atoms with E-state index in [1.54, 1.807) is 14.5 Å². The van der Waals surface area contributed by atoms with Crippen LogP contribution in [0.2, 0.25) is 0 Å².